The molecule has 1 aliphatic heterocycles. The molecular weight excluding hydrogens is 368 g/mol. The monoisotopic (exact) mass is 386 g/mol. The lowest BCUT2D eigenvalue weighted by Gasteiger charge is -2.27. The SMILES string of the molecule is Cc1nn(C)c(C)c1C(=O)N1CCc2[nH]c3c(Br)cccc3c2C1. The Balaban J connectivity index is 1.73. The number of aromatic nitrogens is 3. The number of aryl methyl sites for hydroxylation is 2. The van der Waals surface area contributed by atoms with Crippen LogP contribution in [0.25, 0.3) is 10.9 Å². The van der Waals surface area contributed by atoms with Crippen molar-refractivity contribution in [3.8, 4) is 0 Å². The molecule has 5 nitrogen and oxygen atoms in total. The van der Waals surface area contributed by atoms with Gasteiger partial charge in [0, 0.05) is 53.4 Å². The highest BCUT2D eigenvalue weighted by Gasteiger charge is 2.28. The molecule has 0 fully saturated rings. The van der Waals surface area contributed by atoms with E-state index in [2.05, 4.69) is 32.1 Å². The number of hydrogen-bond acceptors (Lipinski definition) is 2. The standard InChI is InChI=1S/C18H19BrN4O/c1-10-16(11(2)22(3)21-10)18(24)23-8-7-15-13(9-23)12-5-4-6-14(19)17(12)20-15/h4-6,20H,7-9H2,1-3H3. The second-order valence-electron chi connectivity index (χ2n) is 6.39. The second-order valence-corrected chi connectivity index (χ2v) is 7.24. The van der Waals surface area contributed by atoms with Crippen LogP contribution in [0.15, 0.2) is 22.7 Å². The second kappa shape index (κ2) is 5.48. The molecule has 1 amide bonds. The highest BCUT2D eigenvalue weighted by Crippen LogP contribution is 2.32. The first-order chi connectivity index (χ1) is 11.5. The maximum Gasteiger partial charge on any atom is 0.257 e. The van der Waals surface area contributed by atoms with Crippen LogP contribution in [-0.2, 0) is 20.0 Å². The van der Waals surface area contributed by atoms with Gasteiger partial charge in [-0.25, -0.2) is 0 Å². The van der Waals surface area contributed by atoms with Crippen molar-refractivity contribution in [1.29, 1.82) is 0 Å². The molecule has 1 N–H and O–H groups in total. The number of carbonyl (C=O) groups is 1. The van der Waals surface area contributed by atoms with Crippen molar-refractivity contribution >= 4 is 32.7 Å². The third kappa shape index (κ3) is 2.20. The molecule has 1 aromatic carbocycles. The first kappa shape index (κ1) is 15.4. The Morgan fingerprint density at radius 2 is 2.12 bits per heavy atom. The number of nitrogens with zero attached hydrogens (tertiary/aromatic N) is 3. The number of carbonyl (C=O) groups excluding carboxylic acids is 1. The normalized spacial score (nSPS) is 14.2. The minimum atomic E-state index is 0.0769. The van der Waals surface area contributed by atoms with Gasteiger partial charge in [-0.1, -0.05) is 12.1 Å². The van der Waals surface area contributed by atoms with Gasteiger partial charge in [0.2, 0.25) is 0 Å². The molecule has 1 aliphatic rings. The molecule has 3 heterocycles. The van der Waals surface area contributed by atoms with Crippen LogP contribution >= 0.6 is 15.9 Å². The van der Waals surface area contributed by atoms with Gasteiger partial charge in [0.15, 0.2) is 0 Å². The molecule has 0 aliphatic carbocycles. The van der Waals surface area contributed by atoms with E-state index in [0.29, 0.717) is 6.54 Å². The summed E-state index contributed by atoms with van der Waals surface area (Å²) in [6, 6.07) is 6.19. The van der Waals surface area contributed by atoms with Gasteiger partial charge < -0.3 is 9.88 Å². The summed E-state index contributed by atoms with van der Waals surface area (Å²) in [6.45, 7) is 5.21. The predicted molar refractivity (Wildman–Crippen MR) is 97.1 cm³/mol. The zero-order valence-corrected chi connectivity index (χ0v) is 15.6. The Labute approximate surface area is 148 Å². The Morgan fingerprint density at radius 3 is 2.83 bits per heavy atom. The minimum absolute atomic E-state index is 0.0769. The van der Waals surface area contributed by atoms with Crippen LogP contribution in [-0.4, -0.2) is 32.1 Å². The van der Waals surface area contributed by atoms with Gasteiger partial charge in [-0.05, 0) is 35.8 Å². The Kier molecular flexibility index (Phi) is 3.53. The molecule has 6 heteroatoms. The summed E-state index contributed by atoms with van der Waals surface area (Å²) in [4.78, 5) is 18.5. The number of benzene rings is 1. The number of para-hydroxylation sites is 1. The van der Waals surface area contributed by atoms with E-state index in [0.717, 1.165) is 39.9 Å². The number of fused-ring (bicyclic) bond motifs is 3. The number of hydrogen-bond donors (Lipinski definition) is 1. The molecule has 0 unspecified atom stereocenters. The van der Waals surface area contributed by atoms with Crippen LogP contribution < -0.4 is 0 Å². The van der Waals surface area contributed by atoms with Crippen LogP contribution in [0.1, 0.15) is 33.0 Å². The van der Waals surface area contributed by atoms with Crippen molar-refractivity contribution < 1.29 is 4.79 Å². The van der Waals surface area contributed by atoms with E-state index >= 15 is 0 Å². The lowest BCUT2D eigenvalue weighted by atomic mass is 10.0. The highest BCUT2D eigenvalue weighted by molar-refractivity contribution is 9.10. The van der Waals surface area contributed by atoms with Gasteiger partial charge >= 0.3 is 0 Å². The van der Waals surface area contributed by atoms with Gasteiger partial charge in [-0.2, -0.15) is 5.10 Å². The van der Waals surface area contributed by atoms with Crippen LogP contribution in [0.4, 0.5) is 0 Å². The van der Waals surface area contributed by atoms with Crippen molar-refractivity contribution in [3.63, 3.8) is 0 Å². The van der Waals surface area contributed by atoms with E-state index in [4.69, 9.17) is 0 Å². The maximum absolute atomic E-state index is 13.0. The van der Waals surface area contributed by atoms with Gasteiger partial charge in [0.1, 0.15) is 0 Å². The van der Waals surface area contributed by atoms with E-state index in [1.807, 2.05) is 37.9 Å². The van der Waals surface area contributed by atoms with Crippen LogP contribution in [0.3, 0.4) is 0 Å². The maximum atomic E-state index is 13.0. The molecule has 0 saturated carbocycles. The fourth-order valence-corrected chi connectivity index (χ4v) is 4.08. The van der Waals surface area contributed by atoms with Gasteiger partial charge in [-0.3, -0.25) is 9.48 Å². The number of rotatable bonds is 1. The summed E-state index contributed by atoms with van der Waals surface area (Å²) in [5.41, 5.74) is 6.04. The van der Waals surface area contributed by atoms with Gasteiger partial charge in [0.25, 0.3) is 5.91 Å². The fraction of sp³-hybridized carbons (Fsp3) is 0.333. The molecule has 3 aromatic rings. The summed E-state index contributed by atoms with van der Waals surface area (Å²) in [5, 5.41) is 5.57. The molecular formula is C18H19BrN4O. The highest BCUT2D eigenvalue weighted by atomic mass is 79.9. The summed E-state index contributed by atoms with van der Waals surface area (Å²) in [5.74, 6) is 0.0769. The number of nitrogens with one attached hydrogen (secondary N) is 1. The van der Waals surface area contributed by atoms with Crippen molar-refractivity contribution in [1.82, 2.24) is 19.7 Å². The van der Waals surface area contributed by atoms with E-state index in [-0.39, 0.29) is 5.91 Å². The molecule has 124 valence electrons. The van der Waals surface area contributed by atoms with Crippen LogP contribution in [0.5, 0.6) is 0 Å². The Morgan fingerprint density at radius 1 is 1.33 bits per heavy atom. The van der Waals surface area contributed by atoms with Crippen LogP contribution in [0.2, 0.25) is 0 Å². The smallest absolute Gasteiger partial charge is 0.257 e. The van der Waals surface area contributed by atoms with E-state index in [9.17, 15) is 4.79 Å². The lowest BCUT2D eigenvalue weighted by Crippen LogP contribution is -2.36. The zero-order valence-electron chi connectivity index (χ0n) is 14.0. The first-order valence-electron chi connectivity index (χ1n) is 8.04. The van der Waals surface area contributed by atoms with E-state index < -0.39 is 0 Å². The summed E-state index contributed by atoms with van der Waals surface area (Å²) >= 11 is 3.60. The average molecular weight is 387 g/mol. The topological polar surface area (TPSA) is 53.9 Å². The third-order valence-corrected chi connectivity index (χ3v) is 5.63. The fourth-order valence-electron chi connectivity index (χ4n) is 3.62. The molecule has 0 saturated heterocycles. The number of halogens is 1. The predicted octanol–water partition coefficient (Wildman–Crippen LogP) is 3.48. The molecule has 2 aromatic heterocycles. The van der Waals surface area contributed by atoms with Gasteiger partial charge in [-0.15, -0.1) is 0 Å². The lowest BCUT2D eigenvalue weighted by molar-refractivity contribution is 0.0733. The number of H-pyrrole nitrogens is 1. The average Bonchev–Trinajstić information content (AvgIpc) is 3.05. The molecule has 24 heavy (non-hydrogen) atoms. The van der Waals surface area contributed by atoms with E-state index in [1.165, 1.54) is 16.6 Å². The summed E-state index contributed by atoms with van der Waals surface area (Å²) in [7, 11) is 1.88. The van der Waals surface area contributed by atoms with Crippen molar-refractivity contribution in [3.05, 3.63) is 50.9 Å². The molecule has 0 bridgehead atoms. The summed E-state index contributed by atoms with van der Waals surface area (Å²) in [6.07, 6.45) is 0.848. The molecule has 0 radical (unpaired) electrons. The van der Waals surface area contributed by atoms with Crippen molar-refractivity contribution in [2.24, 2.45) is 7.05 Å². The Bertz CT molecular complexity index is 969. The Hall–Kier alpha value is -2.08. The minimum Gasteiger partial charge on any atom is -0.357 e. The number of amides is 1. The summed E-state index contributed by atoms with van der Waals surface area (Å²) < 4.78 is 2.84. The molecule has 0 spiro atoms. The number of aromatic amines is 1. The van der Waals surface area contributed by atoms with E-state index in [1.54, 1.807) is 4.68 Å². The van der Waals surface area contributed by atoms with Crippen LogP contribution in [0, 0.1) is 13.8 Å². The molecule has 0 atom stereocenters. The zero-order chi connectivity index (χ0) is 17.0. The van der Waals surface area contributed by atoms with Crippen molar-refractivity contribution in [2.45, 2.75) is 26.8 Å². The van der Waals surface area contributed by atoms with Crippen molar-refractivity contribution in [2.75, 3.05) is 6.54 Å². The van der Waals surface area contributed by atoms with Gasteiger partial charge in [0.05, 0.1) is 16.8 Å². The molecule has 4 rings (SSSR count). The third-order valence-electron chi connectivity index (χ3n) is 4.97. The first-order valence-corrected chi connectivity index (χ1v) is 8.84. The largest absolute Gasteiger partial charge is 0.357 e. The quantitative estimate of drug-likeness (QED) is 0.695.